The van der Waals surface area contributed by atoms with E-state index in [0.717, 1.165) is 12.0 Å². The van der Waals surface area contributed by atoms with Gasteiger partial charge in [-0.2, -0.15) is 8.78 Å². The topological polar surface area (TPSA) is 58.6 Å². The summed E-state index contributed by atoms with van der Waals surface area (Å²) in [5.74, 6) is -0.433. The van der Waals surface area contributed by atoms with E-state index in [9.17, 15) is 18.4 Å². The second kappa shape index (κ2) is 7.95. The van der Waals surface area contributed by atoms with E-state index >= 15 is 0 Å². The largest absolute Gasteiger partial charge is 0.433 e. The van der Waals surface area contributed by atoms with Gasteiger partial charge in [0.2, 0.25) is 5.91 Å². The zero-order chi connectivity index (χ0) is 18.5. The lowest BCUT2D eigenvalue weighted by Crippen LogP contribution is -2.24. The van der Waals surface area contributed by atoms with Gasteiger partial charge in [0.15, 0.2) is 0 Å². The standard InChI is InChI=1S/C19H18F2N2O3/c20-19(21)26-16-8-2-1-7-15(16)22-18(25)14-6-3-5-13(11-14)12-23-10-4-9-17(23)24/h1-3,5-8,11,19H,4,9-10,12H2,(H,22,25). The van der Waals surface area contributed by atoms with Crippen LogP contribution in [0.15, 0.2) is 48.5 Å². The fourth-order valence-corrected chi connectivity index (χ4v) is 2.87. The molecule has 1 aliphatic rings. The summed E-state index contributed by atoms with van der Waals surface area (Å²) >= 11 is 0. The van der Waals surface area contributed by atoms with E-state index in [4.69, 9.17) is 0 Å². The van der Waals surface area contributed by atoms with E-state index in [0.29, 0.717) is 25.1 Å². The van der Waals surface area contributed by atoms with Crippen molar-refractivity contribution in [2.75, 3.05) is 11.9 Å². The molecular weight excluding hydrogens is 342 g/mol. The summed E-state index contributed by atoms with van der Waals surface area (Å²) in [6, 6.07) is 12.9. The van der Waals surface area contributed by atoms with Crippen molar-refractivity contribution in [2.24, 2.45) is 0 Å². The summed E-state index contributed by atoms with van der Waals surface area (Å²) < 4.78 is 29.4. The van der Waals surface area contributed by atoms with E-state index < -0.39 is 12.5 Å². The Bertz CT molecular complexity index is 811. The van der Waals surface area contributed by atoms with Crippen LogP contribution >= 0.6 is 0 Å². The molecule has 0 atom stereocenters. The van der Waals surface area contributed by atoms with Crippen LogP contribution in [0.25, 0.3) is 0 Å². The van der Waals surface area contributed by atoms with Crippen LogP contribution in [-0.4, -0.2) is 29.9 Å². The Morgan fingerprint density at radius 3 is 2.73 bits per heavy atom. The van der Waals surface area contributed by atoms with Gasteiger partial charge in [0.1, 0.15) is 5.75 Å². The zero-order valence-electron chi connectivity index (χ0n) is 14.0. The smallest absolute Gasteiger partial charge is 0.387 e. The van der Waals surface area contributed by atoms with Crippen LogP contribution < -0.4 is 10.1 Å². The average Bonchev–Trinajstić information content (AvgIpc) is 3.01. The Kier molecular flexibility index (Phi) is 5.46. The fraction of sp³-hybridized carbons (Fsp3) is 0.263. The first-order chi connectivity index (χ1) is 12.5. The molecule has 0 radical (unpaired) electrons. The molecular formula is C19H18F2N2O3. The predicted molar refractivity (Wildman–Crippen MR) is 92.1 cm³/mol. The SMILES string of the molecule is O=C(Nc1ccccc1OC(F)F)c1cccc(CN2CCCC2=O)c1. The first-order valence-corrected chi connectivity index (χ1v) is 8.25. The summed E-state index contributed by atoms with van der Waals surface area (Å²) in [6.07, 6.45) is 1.40. The lowest BCUT2D eigenvalue weighted by molar-refractivity contribution is -0.128. The Morgan fingerprint density at radius 1 is 1.19 bits per heavy atom. The molecule has 1 heterocycles. The van der Waals surface area contributed by atoms with E-state index in [-0.39, 0.29) is 17.3 Å². The second-order valence-corrected chi connectivity index (χ2v) is 5.95. The number of nitrogens with zero attached hydrogens (tertiary/aromatic N) is 1. The van der Waals surface area contributed by atoms with E-state index in [1.807, 2.05) is 6.07 Å². The maximum Gasteiger partial charge on any atom is 0.387 e. The minimum Gasteiger partial charge on any atom is -0.433 e. The lowest BCUT2D eigenvalue weighted by atomic mass is 10.1. The highest BCUT2D eigenvalue weighted by Gasteiger charge is 2.20. The van der Waals surface area contributed by atoms with Crippen LogP contribution in [0.3, 0.4) is 0 Å². The number of amides is 2. The number of rotatable bonds is 6. The van der Waals surface area contributed by atoms with Crippen molar-refractivity contribution in [1.82, 2.24) is 4.90 Å². The molecule has 26 heavy (non-hydrogen) atoms. The molecule has 1 aliphatic heterocycles. The van der Waals surface area contributed by atoms with Crippen LogP contribution in [0.2, 0.25) is 0 Å². The quantitative estimate of drug-likeness (QED) is 0.855. The van der Waals surface area contributed by atoms with Gasteiger partial charge in [-0.1, -0.05) is 24.3 Å². The molecule has 0 aliphatic carbocycles. The summed E-state index contributed by atoms with van der Waals surface area (Å²) in [5.41, 5.74) is 1.38. The summed E-state index contributed by atoms with van der Waals surface area (Å²) in [6.45, 7) is -1.81. The van der Waals surface area contributed by atoms with Gasteiger partial charge in [0, 0.05) is 25.1 Å². The molecule has 2 amide bonds. The minimum absolute atomic E-state index is 0.102. The molecule has 1 fully saturated rings. The van der Waals surface area contributed by atoms with Crippen molar-refractivity contribution in [2.45, 2.75) is 26.0 Å². The molecule has 0 spiro atoms. The zero-order valence-corrected chi connectivity index (χ0v) is 14.0. The number of para-hydroxylation sites is 2. The molecule has 2 aromatic carbocycles. The van der Waals surface area contributed by atoms with Gasteiger partial charge in [0.05, 0.1) is 5.69 Å². The summed E-state index contributed by atoms with van der Waals surface area (Å²) in [5, 5.41) is 2.58. The van der Waals surface area contributed by atoms with Gasteiger partial charge < -0.3 is 15.0 Å². The number of carbonyl (C=O) groups excluding carboxylic acids is 2. The number of likely N-dealkylation sites (tertiary alicyclic amines) is 1. The molecule has 1 saturated heterocycles. The van der Waals surface area contributed by atoms with Gasteiger partial charge in [-0.3, -0.25) is 9.59 Å². The van der Waals surface area contributed by atoms with E-state index in [2.05, 4.69) is 10.1 Å². The van der Waals surface area contributed by atoms with Crippen LogP contribution in [0.5, 0.6) is 5.75 Å². The van der Waals surface area contributed by atoms with Crippen molar-refractivity contribution >= 4 is 17.5 Å². The summed E-state index contributed by atoms with van der Waals surface area (Å²) in [7, 11) is 0. The fourth-order valence-electron chi connectivity index (χ4n) is 2.87. The van der Waals surface area contributed by atoms with Gasteiger partial charge >= 0.3 is 6.61 Å². The molecule has 2 aromatic rings. The number of carbonyl (C=O) groups is 2. The molecule has 136 valence electrons. The molecule has 5 nitrogen and oxygen atoms in total. The number of halogens is 2. The molecule has 0 saturated carbocycles. The number of alkyl halides is 2. The van der Waals surface area contributed by atoms with Gasteiger partial charge in [-0.25, -0.2) is 0 Å². The van der Waals surface area contributed by atoms with Crippen molar-refractivity contribution < 1.29 is 23.1 Å². The minimum atomic E-state index is -2.98. The number of hydrogen-bond acceptors (Lipinski definition) is 3. The van der Waals surface area contributed by atoms with Crippen molar-refractivity contribution in [3.63, 3.8) is 0 Å². The number of benzene rings is 2. The third kappa shape index (κ3) is 4.36. The first kappa shape index (κ1) is 17.8. The average molecular weight is 360 g/mol. The monoisotopic (exact) mass is 360 g/mol. The van der Waals surface area contributed by atoms with Crippen LogP contribution in [-0.2, 0) is 11.3 Å². The first-order valence-electron chi connectivity index (χ1n) is 8.25. The normalized spacial score (nSPS) is 14.0. The highest BCUT2D eigenvalue weighted by atomic mass is 19.3. The molecule has 0 aromatic heterocycles. The van der Waals surface area contributed by atoms with Crippen LogP contribution in [0, 0.1) is 0 Å². The number of hydrogen-bond donors (Lipinski definition) is 1. The van der Waals surface area contributed by atoms with E-state index in [1.165, 1.54) is 12.1 Å². The molecule has 1 N–H and O–H groups in total. The number of ether oxygens (including phenoxy) is 1. The maximum absolute atomic E-state index is 12.5. The van der Waals surface area contributed by atoms with Crippen molar-refractivity contribution in [1.29, 1.82) is 0 Å². The molecule has 0 unspecified atom stereocenters. The second-order valence-electron chi connectivity index (χ2n) is 5.95. The van der Waals surface area contributed by atoms with Gasteiger partial charge in [-0.05, 0) is 36.2 Å². The van der Waals surface area contributed by atoms with Crippen LogP contribution in [0.4, 0.5) is 14.5 Å². The van der Waals surface area contributed by atoms with Crippen molar-refractivity contribution in [3.05, 3.63) is 59.7 Å². The molecule has 3 rings (SSSR count). The highest BCUT2D eigenvalue weighted by molar-refractivity contribution is 6.05. The van der Waals surface area contributed by atoms with Gasteiger partial charge in [-0.15, -0.1) is 0 Å². The summed E-state index contributed by atoms with van der Waals surface area (Å²) in [4.78, 5) is 26.0. The molecule has 0 bridgehead atoms. The lowest BCUT2D eigenvalue weighted by Gasteiger charge is -2.16. The number of anilines is 1. The predicted octanol–water partition coefficient (Wildman–Crippen LogP) is 3.66. The van der Waals surface area contributed by atoms with Crippen LogP contribution in [0.1, 0.15) is 28.8 Å². The Hall–Kier alpha value is -2.96. The number of nitrogens with one attached hydrogen (secondary N) is 1. The maximum atomic E-state index is 12.5. The Balaban J connectivity index is 1.72. The van der Waals surface area contributed by atoms with E-state index in [1.54, 1.807) is 35.2 Å². The Labute approximate surface area is 149 Å². The van der Waals surface area contributed by atoms with Gasteiger partial charge in [0.25, 0.3) is 5.91 Å². The van der Waals surface area contributed by atoms with Crippen molar-refractivity contribution in [3.8, 4) is 5.75 Å². The third-order valence-electron chi connectivity index (χ3n) is 4.09. The molecule has 7 heteroatoms. The Morgan fingerprint density at radius 2 is 2.00 bits per heavy atom. The highest BCUT2D eigenvalue weighted by Crippen LogP contribution is 2.26. The third-order valence-corrected chi connectivity index (χ3v) is 4.09.